The Morgan fingerprint density at radius 3 is 1.17 bits per heavy atom. The largest absolute Gasteiger partial charge is 0.419 e. The van der Waals surface area contributed by atoms with Crippen LogP contribution >= 0.6 is 0 Å². The van der Waals surface area contributed by atoms with Gasteiger partial charge in [-0.3, -0.25) is 0 Å². The minimum atomic E-state index is -4.85. The Morgan fingerprint density at radius 1 is 0.500 bits per heavy atom. The predicted octanol–water partition coefficient (Wildman–Crippen LogP) is 10.9. The fourth-order valence-electron chi connectivity index (χ4n) is 7.09. The molecule has 344 valence electrons. The van der Waals surface area contributed by atoms with E-state index in [1.165, 1.54) is 24.3 Å². The molecule has 0 N–H and O–H groups in total. The minimum absolute atomic E-state index is 0.0272. The summed E-state index contributed by atoms with van der Waals surface area (Å²) in [5, 5.41) is 0. The molecular formula is C46H38F8N6O4S2. The Hall–Kier alpha value is -6.80. The highest BCUT2D eigenvalue weighted by Gasteiger charge is 2.36. The molecule has 0 amide bonds. The summed E-state index contributed by atoms with van der Waals surface area (Å²) in [5.74, 6) is -2.84. The lowest BCUT2D eigenvalue weighted by Gasteiger charge is -2.24. The first-order valence-corrected chi connectivity index (χ1v) is 22.6. The van der Waals surface area contributed by atoms with Crippen LogP contribution in [0.25, 0.3) is 22.1 Å². The molecule has 0 aliphatic carbocycles. The van der Waals surface area contributed by atoms with Gasteiger partial charge < -0.3 is 9.13 Å². The second kappa shape index (κ2) is 17.9. The van der Waals surface area contributed by atoms with Crippen molar-refractivity contribution in [1.82, 2.24) is 19.1 Å². The van der Waals surface area contributed by atoms with Crippen LogP contribution in [-0.4, -0.2) is 35.9 Å². The van der Waals surface area contributed by atoms with Crippen LogP contribution < -0.4 is 8.61 Å². The first kappa shape index (κ1) is 47.2. The number of anilines is 2. The van der Waals surface area contributed by atoms with Gasteiger partial charge in [0.05, 0.1) is 56.1 Å². The lowest BCUT2D eigenvalue weighted by atomic mass is 10.1. The van der Waals surface area contributed by atoms with Gasteiger partial charge in [0.25, 0.3) is 20.0 Å². The van der Waals surface area contributed by atoms with Crippen molar-refractivity contribution in [3.05, 3.63) is 178 Å². The van der Waals surface area contributed by atoms with Gasteiger partial charge >= 0.3 is 12.4 Å². The van der Waals surface area contributed by atoms with Gasteiger partial charge in [-0.2, -0.15) is 26.3 Å². The van der Waals surface area contributed by atoms with E-state index in [4.69, 9.17) is 0 Å². The number of benzene rings is 6. The van der Waals surface area contributed by atoms with Crippen molar-refractivity contribution < 1.29 is 52.0 Å². The van der Waals surface area contributed by atoms with Gasteiger partial charge in [-0.05, 0) is 109 Å². The fourth-order valence-corrected chi connectivity index (χ4v) is 10.00. The van der Waals surface area contributed by atoms with Gasteiger partial charge in [0.1, 0.15) is 11.6 Å². The maximum Gasteiger partial charge on any atom is 0.419 e. The predicted molar refractivity (Wildman–Crippen MR) is 233 cm³/mol. The third kappa shape index (κ3) is 9.60. The first-order valence-electron chi connectivity index (χ1n) is 19.7. The molecule has 0 atom stereocenters. The van der Waals surface area contributed by atoms with Crippen molar-refractivity contribution >= 4 is 54.0 Å². The number of fused-ring (bicyclic) bond motifs is 2. The van der Waals surface area contributed by atoms with E-state index in [-0.39, 0.29) is 32.8 Å². The second-order valence-electron chi connectivity index (χ2n) is 15.2. The zero-order valence-corrected chi connectivity index (χ0v) is 36.9. The van der Waals surface area contributed by atoms with Crippen LogP contribution in [0.4, 0.5) is 47.0 Å². The Bertz CT molecular complexity index is 3080. The van der Waals surface area contributed by atoms with Gasteiger partial charge in [-0.25, -0.2) is 44.2 Å². The van der Waals surface area contributed by atoms with Crippen LogP contribution in [0.1, 0.15) is 33.4 Å². The van der Waals surface area contributed by atoms with Crippen molar-refractivity contribution in [3.63, 3.8) is 0 Å². The summed E-state index contributed by atoms with van der Waals surface area (Å²) in [6.45, 7) is 2.94. The van der Waals surface area contributed by atoms with Gasteiger partial charge in [-0.15, -0.1) is 0 Å². The third-order valence-corrected chi connectivity index (χ3v) is 13.9. The Morgan fingerprint density at radius 2 is 0.848 bits per heavy atom. The average Bonchev–Trinajstić information content (AvgIpc) is 3.75. The van der Waals surface area contributed by atoms with E-state index >= 15 is 0 Å². The number of sulfonamides is 2. The summed E-state index contributed by atoms with van der Waals surface area (Å²) in [7, 11) is -5.07. The number of nitrogens with zero attached hydrogens (tertiary/aromatic N) is 6. The molecule has 6 aromatic carbocycles. The zero-order chi connectivity index (χ0) is 47.9. The number of aryl methyl sites for hydroxylation is 4. The molecule has 0 saturated heterocycles. The molecule has 20 heteroatoms. The SMILES string of the molecule is Cc1ccc2nc(N(Cc3ccc(C(F)(F)F)c(F)c3)S(=O)(=O)c3ccccc3)n(C)c2c1.Cc1ccc2nc(N(Cc3ccc(C(F)(F)F)c(F)c3)S(=O)(=O)c3ccccc3)n(C)c2c1. The molecule has 0 fully saturated rings. The average molecular weight is 955 g/mol. The van der Waals surface area contributed by atoms with Crippen LogP contribution in [0.15, 0.2) is 143 Å². The maximum atomic E-state index is 14.2. The van der Waals surface area contributed by atoms with Crippen LogP contribution in [0.3, 0.4) is 0 Å². The van der Waals surface area contributed by atoms with Crippen LogP contribution in [0, 0.1) is 25.5 Å². The number of hydrogen-bond acceptors (Lipinski definition) is 6. The van der Waals surface area contributed by atoms with E-state index < -0.39 is 68.3 Å². The number of hydrogen-bond donors (Lipinski definition) is 0. The van der Waals surface area contributed by atoms with Gasteiger partial charge in [-0.1, -0.05) is 60.7 Å². The summed E-state index contributed by atoms with van der Waals surface area (Å²) in [6, 6.07) is 30.8. The second-order valence-corrected chi connectivity index (χ2v) is 18.9. The molecule has 0 radical (unpaired) electrons. The molecule has 0 saturated carbocycles. The third-order valence-electron chi connectivity index (χ3n) is 10.5. The fraction of sp³-hybridized carbons (Fsp3) is 0.174. The van der Waals surface area contributed by atoms with Crippen molar-refractivity contribution in [2.24, 2.45) is 14.1 Å². The highest BCUT2D eigenvalue weighted by Crippen LogP contribution is 2.35. The van der Waals surface area contributed by atoms with E-state index in [9.17, 15) is 52.0 Å². The van der Waals surface area contributed by atoms with Gasteiger partial charge in [0, 0.05) is 14.1 Å². The lowest BCUT2D eigenvalue weighted by molar-refractivity contribution is -0.140. The lowest BCUT2D eigenvalue weighted by Crippen LogP contribution is -2.32. The van der Waals surface area contributed by atoms with Crippen molar-refractivity contribution in [3.8, 4) is 0 Å². The molecule has 8 aromatic rings. The minimum Gasteiger partial charge on any atom is -0.312 e. The Kier molecular flexibility index (Phi) is 12.8. The number of aromatic nitrogens is 4. The van der Waals surface area contributed by atoms with Crippen molar-refractivity contribution in [2.75, 3.05) is 8.61 Å². The van der Waals surface area contributed by atoms with Crippen LogP contribution in [0.5, 0.6) is 0 Å². The molecule has 2 heterocycles. The zero-order valence-electron chi connectivity index (χ0n) is 35.3. The van der Waals surface area contributed by atoms with Crippen LogP contribution in [0.2, 0.25) is 0 Å². The summed E-state index contributed by atoms with van der Waals surface area (Å²) in [5.41, 5.74) is 1.60. The molecule has 0 aliphatic rings. The molecule has 0 bridgehead atoms. The van der Waals surface area contributed by atoms with Gasteiger partial charge in [0.2, 0.25) is 11.9 Å². The van der Waals surface area contributed by atoms with Crippen LogP contribution in [-0.2, 0) is 59.6 Å². The summed E-state index contributed by atoms with van der Waals surface area (Å²) in [6.07, 6.45) is -9.71. The smallest absolute Gasteiger partial charge is 0.312 e. The molecule has 8 rings (SSSR count). The summed E-state index contributed by atoms with van der Waals surface area (Å²) in [4.78, 5) is 8.86. The summed E-state index contributed by atoms with van der Waals surface area (Å²) >= 11 is 0. The van der Waals surface area contributed by atoms with Gasteiger partial charge in [0.15, 0.2) is 0 Å². The number of rotatable bonds is 10. The molecule has 0 spiro atoms. The maximum absolute atomic E-state index is 14.2. The van der Waals surface area contributed by atoms with E-state index in [0.29, 0.717) is 46.3 Å². The van der Waals surface area contributed by atoms with E-state index in [1.807, 2.05) is 38.1 Å². The molecule has 10 nitrogen and oxygen atoms in total. The Labute approximate surface area is 374 Å². The molecule has 66 heavy (non-hydrogen) atoms. The number of alkyl halides is 6. The molecule has 2 aromatic heterocycles. The Balaban J connectivity index is 0.000000196. The highest BCUT2D eigenvalue weighted by molar-refractivity contribution is 7.93. The van der Waals surface area contributed by atoms with Crippen molar-refractivity contribution in [2.45, 2.75) is 49.1 Å². The normalized spacial score (nSPS) is 12.3. The quantitative estimate of drug-likeness (QED) is 0.126. The summed E-state index contributed by atoms with van der Waals surface area (Å²) < 4.78 is 165. The standard InChI is InChI=1S/2C23H19F4N3O2S/c2*1-15-8-11-20-21(12-15)29(2)22(28-20)30(33(31,32)17-6-4-3-5-7-17)14-16-9-10-18(19(24)13-16)23(25,26)27/h2*3-13H,14H2,1-2H3. The van der Waals surface area contributed by atoms with Crippen molar-refractivity contribution in [1.29, 1.82) is 0 Å². The molecule has 0 aliphatic heterocycles. The van der Waals surface area contributed by atoms with E-state index in [1.54, 1.807) is 71.8 Å². The molecular weight excluding hydrogens is 917 g/mol. The monoisotopic (exact) mass is 954 g/mol. The topological polar surface area (TPSA) is 110 Å². The number of imidazole rings is 2. The van der Waals surface area contributed by atoms with E-state index in [0.717, 1.165) is 31.9 Å². The highest BCUT2D eigenvalue weighted by atomic mass is 32.2. The van der Waals surface area contributed by atoms with E-state index in [2.05, 4.69) is 9.97 Å². The molecule has 0 unspecified atom stereocenters. The number of halogens is 8. The first-order chi connectivity index (χ1) is 31.0.